The zero-order valence-corrected chi connectivity index (χ0v) is 13.3. The number of ether oxygens (including phenoxy) is 2. The van der Waals surface area contributed by atoms with E-state index >= 15 is 0 Å². The minimum atomic E-state index is 0.487. The lowest BCUT2D eigenvalue weighted by Crippen LogP contribution is -2.07. The van der Waals surface area contributed by atoms with E-state index in [0.717, 1.165) is 31.6 Å². The van der Waals surface area contributed by atoms with Gasteiger partial charge in [0.25, 0.3) is 0 Å². The molecule has 0 aromatic heterocycles. The van der Waals surface area contributed by atoms with Crippen molar-refractivity contribution in [2.45, 2.75) is 71.5 Å². The predicted octanol–water partition coefficient (Wildman–Crippen LogP) is 4.71. The first-order chi connectivity index (χ1) is 9.73. The van der Waals surface area contributed by atoms with Crippen LogP contribution in [0.25, 0.3) is 0 Å². The maximum absolute atomic E-state index is 5.73. The molecule has 1 fully saturated rings. The number of hydrogen-bond acceptors (Lipinski definition) is 2. The Kier molecular flexibility index (Phi) is 5.47. The Morgan fingerprint density at radius 3 is 2.50 bits per heavy atom. The average molecular weight is 276 g/mol. The smallest absolute Gasteiger partial charge is 0.119 e. The Morgan fingerprint density at radius 1 is 1.15 bits per heavy atom. The van der Waals surface area contributed by atoms with Crippen LogP contribution in [0.2, 0.25) is 0 Å². The van der Waals surface area contributed by atoms with Gasteiger partial charge in [-0.05, 0) is 61.8 Å². The molecule has 2 nitrogen and oxygen atoms in total. The minimum Gasteiger partial charge on any atom is -0.494 e. The summed E-state index contributed by atoms with van der Waals surface area (Å²) in [5, 5.41) is 0. The molecule has 1 heterocycles. The highest BCUT2D eigenvalue weighted by Gasteiger charge is 2.38. The Labute approximate surface area is 123 Å². The second-order valence-corrected chi connectivity index (χ2v) is 5.61. The second kappa shape index (κ2) is 7.12. The molecule has 1 aliphatic rings. The van der Waals surface area contributed by atoms with Crippen molar-refractivity contribution in [2.75, 3.05) is 6.61 Å². The van der Waals surface area contributed by atoms with Gasteiger partial charge in [-0.3, -0.25) is 0 Å². The van der Waals surface area contributed by atoms with Crippen molar-refractivity contribution in [3.05, 3.63) is 29.3 Å². The van der Waals surface area contributed by atoms with Gasteiger partial charge in [-0.25, -0.2) is 0 Å². The van der Waals surface area contributed by atoms with Crippen LogP contribution in [0.4, 0.5) is 0 Å². The van der Waals surface area contributed by atoms with Gasteiger partial charge in [-0.2, -0.15) is 0 Å². The van der Waals surface area contributed by atoms with E-state index in [1.807, 2.05) is 6.92 Å². The normalized spacial score (nSPS) is 22.6. The standard InChI is InChI=1S/C18H28O2/c1-5-13-11-15(19-8-4)9-10-16(13)14(6-2)12-18-17(7-3)20-18/h9-11,14,17-18H,5-8,12H2,1-4H3. The Morgan fingerprint density at radius 2 is 1.95 bits per heavy atom. The van der Waals surface area contributed by atoms with E-state index < -0.39 is 0 Å². The number of epoxide rings is 1. The molecule has 0 amide bonds. The van der Waals surface area contributed by atoms with E-state index in [0.29, 0.717) is 18.1 Å². The van der Waals surface area contributed by atoms with Gasteiger partial charge in [0.1, 0.15) is 5.75 Å². The summed E-state index contributed by atoms with van der Waals surface area (Å²) in [4.78, 5) is 0. The third-order valence-electron chi connectivity index (χ3n) is 4.35. The second-order valence-electron chi connectivity index (χ2n) is 5.61. The molecular weight excluding hydrogens is 248 g/mol. The van der Waals surface area contributed by atoms with Crippen LogP contribution in [0, 0.1) is 0 Å². The zero-order chi connectivity index (χ0) is 14.5. The van der Waals surface area contributed by atoms with Gasteiger partial charge in [-0.15, -0.1) is 0 Å². The third kappa shape index (κ3) is 3.54. The van der Waals surface area contributed by atoms with Crippen LogP contribution in [0.5, 0.6) is 5.75 Å². The van der Waals surface area contributed by atoms with Crippen molar-refractivity contribution in [3.63, 3.8) is 0 Å². The van der Waals surface area contributed by atoms with Crippen LogP contribution in [-0.4, -0.2) is 18.8 Å². The van der Waals surface area contributed by atoms with Crippen LogP contribution in [0.1, 0.15) is 64.0 Å². The van der Waals surface area contributed by atoms with Crippen molar-refractivity contribution >= 4 is 0 Å². The molecule has 0 spiro atoms. The molecule has 1 aromatic rings. The molecule has 0 saturated carbocycles. The van der Waals surface area contributed by atoms with E-state index in [4.69, 9.17) is 9.47 Å². The monoisotopic (exact) mass is 276 g/mol. The summed E-state index contributed by atoms with van der Waals surface area (Å²) < 4.78 is 11.4. The van der Waals surface area contributed by atoms with Crippen LogP contribution in [0.15, 0.2) is 18.2 Å². The van der Waals surface area contributed by atoms with Gasteiger partial charge in [0.05, 0.1) is 18.8 Å². The first kappa shape index (κ1) is 15.4. The summed E-state index contributed by atoms with van der Waals surface area (Å²) >= 11 is 0. The molecule has 3 unspecified atom stereocenters. The topological polar surface area (TPSA) is 21.8 Å². The lowest BCUT2D eigenvalue weighted by atomic mass is 9.87. The van der Waals surface area contributed by atoms with Crippen molar-refractivity contribution < 1.29 is 9.47 Å². The molecule has 1 saturated heterocycles. The molecule has 3 atom stereocenters. The molecule has 2 rings (SSSR count). The van der Waals surface area contributed by atoms with E-state index in [2.05, 4.69) is 39.0 Å². The van der Waals surface area contributed by atoms with Crippen LogP contribution >= 0.6 is 0 Å². The maximum atomic E-state index is 5.73. The SMILES string of the molecule is CCOc1ccc(C(CC)CC2OC2CC)c(CC)c1. The van der Waals surface area contributed by atoms with Crippen LogP contribution < -0.4 is 4.74 Å². The van der Waals surface area contributed by atoms with Gasteiger partial charge in [0, 0.05) is 0 Å². The number of benzene rings is 1. The quantitative estimate of drug-likeness (QED) is 0.641. The summed E-state index contributed by atoms with van der Waals surface area (Å²) in [6, 6.07) is 6.60. The first-order valence-corrected chi connectivity index (χ1v) is 8.14. The summed E-state index contributed by atoms with van der Waals surface area (Å²) in [7, 11) is 0. The molecule has 20 heavy (non-hydrogen) atoms. The lowest BCUT2D eigenvalue weighted by Gasteiger charge is -2.19. The first-order valence-electron chi connectivity index (χ1n) is 8.14. The fraction of sp³-hybridized carbons (Fsp3) is 0.667. The lowest BCUT2D eigenvalue weighted by molar-refractivity contribution is 0.339. The highest BCUT2D eigenvalue weighted by atomic mass is 16.6. The summed E-state index contributed by atoms with van der Waals surface area (Å²) in [6.45, 7) is 9.48. The minimum absolute atomic E-state index is 0.487. The van der Waals surface area contributed by atoms with E-state index in [1.165, 1.54) is 17.5 Å². The Balaban J connectivity index is 2.11. The summed E-state index contributed by atoms with van der Waals surface area (Å²) in [5.41, 5.74) is 2.92. The molecule has 0 bridgehead atoms. The van der Waals surface area contributed by atoms with Gasteiger partial charge >= 0.3 is 0 Å². The molecule has 0 N–H and O–H groups in total. The van der Waals surface area contributed by atoms with Crippen LogP contribution in [-0.2, 0) is 11.2 Å². The van der Waals surface area contributed by atoms with Gasteiger partial charge in [0.15, 0.2) is 0 Å². The molecule has 112 valence electrons. The average Bonchev–Trinajstić information content (AvgIpc) is 3.23. The van der Waals surface area contributed by atoms with Crippen molar-refractivity contribution in [2.24, 2.45) is 0 Å². The van der Waals surface area contributed by atoms with E-state index in [9.17, 15) is 0 Å². The number of hydrogen-bond donors (Lipinski definition) is 0. The van der Waals surface area contributed by atoms with Gasteiger partial charge in [0.2, 0.25) is 0 Å². The maximum Gasteiger partial charge on any atom is 0.119 e. The summed E-state index contributed by atoms with van der Waals surface area (Å²) in [5.74, 6) is 1.61. The molecule has 1 aromatic carbocycles. The Hall–Kier alpha value is -1.02. The van der Waals surface area contributed by atoms with Crippen molar-refractivity contribution in [1.82, 2.24) is 0 Å². The largest absolute Gasteiger partial charge is 0.494 e. The molecule has 0 radical (unpaired) electrons. The molecular formula is C18H28O2. The Bertz CT molecular complexity index is 427. The highest BCUT2D eigenvalue weighted by Crippen LogP contribution is 2.38. The molecule has 1 aliphatic heterocycles. The van der Waals surface area contributed by atoms with Gasteiger partial charge in [-0.1, -0.05) is 26.8 Å². The highest BCUT2D eigenvalue weighted by molar-refractivity contribution is 5.38. The third-order valence-corrected chi connectivity index (χ3v) is 4.35. The van der Waals surface area contributed by atoms with E-state index in [-0.39, 0.29) is 0 Å². The zero-order valence-electron chi connectivity index (χ0n) is 13.3. The van der Waals surface area contributed by atoms with Crippen molar-refractivity contribution in [1.29, 1.82) is 0 Å². The predicted molar refractivity (Wildman–Crippen MR) is 83.6 cm³/mol. The number of aryl methyl sites for hydroxylation is 1. The van der Waals surface area contributed by atoms with Crippen LogP contribution in [0.3, 0.4) is 0 Å². The summed E-state index contributed by atoms with van der Waals surface area (Å²) in [6.07, 6.45) is 5.55. The molecule has 2 heteroatoms. The fourth-order valence-electron chi connectivity index (χ4n) is 3.08. The number of rotatable bonds is 8. The van der Waals surface area contributed by atoms with E-state index in [1.54, 1.807) is 0 Å². The van der Waals surface area contributed by atoms with Gasteiger partial charge < -0.3 is 9.47 Å². The molecule has 0 aliphatic carbocycles. The van der Waals surface area contributed by atoms with Crippen molar-refractivity contribution in [3.8, 4) is 5.75 Å². The fourth-order valence-corrected chi connectivity index (χ4v) is 3.08.